The molecule has 1 saturated carbocycles. The van der Waals surface area contributed by atoms with Gasteiger partial charge in [-0.15, -0.1) is 0 Å². The number of nitrogens with zero attached hydrogens (tertiary/aromatic N) is 2. The maximum Gasteiger partial charge on any atom is 0.0538 e. The smallest absolute Gasteiger partial charge is 0.0538 e. The van der Waals surface area contributed by atoms with E-state index < -0.39 is 0 Å². The molecule has 3 nitrogen and oxygen atoms in total. The predicted molar refractivity (Wildman–Crippen MR) is 57.7 cm³/mol. The molecule has 1 fully saturated rings. The number of rotatable bonds is 4. The van der Waals surface area contributed by atoms with Crippen LogP contribution >= 0.6 is 0 Å². The lowest BCUT2D eigenvalue weighted by Crippen LogP contribution is -2.47. The van der Waals surface area contributed by atoms with Gasteiger partial charge in [0.2, 0.25) is 0 Å². The Kier molecular flexibility index (Phi) is 2.42. The van der Waals surface area contributed by atoms with Crippen molar-refractivity contribution in [2.45, 2.75) is 38.3 Å². The minimum absolute atomic E-state index is 0.371. The van der Waals surface area contributed by atoms with E-state index in [2.05, 4.69) is 23.9 Å². The van der Waals surface area contributed by atoms with Crippen LogP contribution in [0.4, 0.5) is 0 Å². The van der Waals surface area contributed by atoms with Crippen LogP contribution in [0.15, 0.2) is 19.0 Å². The van der Waals surface area contributed by atoms with Crippen molar-refractivity contribution in [2.75, 3.05) is 0 Å². The fourth-order valence-electron chi connectivity index (χ4n) is 1.77. The molecule has 0 spiro atoms. The number of hydrogen-bond acceptors (Lipinski definition) is 2. The van der Waals surface area contributed by atoms with Crippen molar-refractivity contribution in [3.8, 4) is 0 Å². The van der Waals surface area contributed by atoms with Crippen LogP contribution in [0.2, 0.25) is 0 Å². The van der Waals surface area contributed by atoms with E-state index in [0.29, 0.717) is 5.54 Å². The molecule has 2 rings (SSSR count). The summed E-state index contributed by atoms with van der Waals surface area (Å²) in [7, 11) is 0. The van der Waals surface area contributed by atoms with Crippen LogP contribution in [0, 0.1) is 0 Å². The van der Waals surface area contributed by atoms with E-state index in [1.807, 2.05) is 12.4 Å². The van der Waals surface area contributed by atoms with Crippen molar-refractivity contribution in [3.05, 3.63) is 24.5 Å². The van der Waals surface area contributed by atoms with E-state index in [4.69, 9.17) is 0 Å². The molecular formula is C11H17N3. The minimum Gasteiger partial charge on any atom is -0.307 e. The zero-order valence-corrected chi connectivity index (χ0v) is 8.66. The molecule has 1 aliphatic carbocycles. The van der Waals surface area contributed by atoms with E-state index in [-0.39, 0.29) is 0 Å². The molecule has 0 atom stereocenters. The fourth-order valence-corrected chi connectivity index (χ4v) is 1.77. The Balaban J connectivity index is 1.88. The van der Waals surface area contributed by atoms with Crippen LogP contribution in [0.3, 0.4) is 0 Å². The van der Waals surface area contributed by atoms with Crippen LogP contribution in [-0.2, 0) is 6.54 Å². The third-order valence-corrected chi connectivity index (χ3v) is 3.02. The normalized spacial score (nSPS) is 18.9. The van der Waals surface area contributed by atoms with Gasteiger partial charge in [0, 0.05) is 30.0 Å². The second kappa shape index (κ2) is 3.58. The largest absolute Gasteiger partial charge is 0.307 e. The molecule has 76 valence electrons. The third kappa shape index (κ3) is 1.87. The highest BCUT2D eigenvalue weighted by Crippen LogP contribution is 2.31. The molecule has 0 amide bonds. The Morgan fingerprint density at radius 3 is 3.00 bits per heavy atom. The first kappa shape index (κ1) is 9.46. The Labute approximate surface area is 84.8 Å². The van der Waals surface area contributed by atoms with Crippen molar-refractivity contribution < 1.29 is 0 Å². The Morgan fingerprint density at radius 2 is 2.50 bits per heavy atom. The van der Waals surface area contributed by atoms with Gasteiger partial charge in [0.1, 0.15) is 0 Å². The first-order valence-corrected chi connectivity index (χ1v) is 5.12. The Morgan fingerprint density at radius 1 is 1.71 bits per heavy atom. The lowest BCUT2D eigenvalue weighted by Gasteiger charge is -2.39. The summed E-state index contributed by atoms with van der Waals surface area (Å²) in [6, 6.07) is 0. The van der Waals surface area contributed by atoms with Gasteiger partial charge in [-0.3, -0.25) is 0 Å². The summed E-state index contributed by atoms with van der Waals surface area (Å²) in [6.07, 6.45) is 9.54. The van der Waals surface area contributed by atoms with Crippen molar-refractivity contribution in [3.63, 3.8) is 0 Å². The van der Waals surface area contributed by atoms with E-state index in [9.17, 15) is 0 Å². The van der Waals surface area contributed by atoms with Crippen molar-refractivity contribution >= 4 is 6.20 Å². The van der Waals surface area contributed by atoms with E-state index in [1.165, 1.54) is 24.8 Å². The molecular weight excluding hydrogens is 174 g/mol. The van der Waals surface area contributed by atoms with Crippen molar-refractivity contribution in [2.24, 2.45) is 0 Å². The SMILES string of the molecule is C=Cn1cc(CNC2(C)CCC2)cn1. The van der Waals surface area contributed by atoms with Crippen LogP contribution in [0.5, 0.6) is 0 Å². The summed E-state index contributed by atoms with van der Waals surface area (Å²) >= 11 is 0. The predicted octanol–water partition coefficient (Wildman–Crippen LogP) is 2.02. The highest BCUT2D eigenvalue weighted by atomic mass is 15.2. The summed E-state index contributed by atoms with van der Waals surface area (Å²) in [5.74, 6) is 0. The van der Waals surface area contributed by atoms with Gasteiger partial charge in [0.15, 0.2) is 0 Å². The molecule has 3 heteroatoms. The summed E-state index contributed by atoms with van der Waals surface area (Å²) in [6.45, 7) is 6.85. The summed E-state index contributed by atoms with van der Waals surface area (Å²) in [4.78, 5) is 0. The van der Waals surface area contributed by atoms with Crippen molar-refractivity contribution in [1.29, 1.82) is 0 Å². The zero-order valence-electron chi connectivity index (χ0n) is 8.66. The van der Waals surface area contributed by atoms with Crippen molar-refractivity contribution in [1.82, 2.24) is 15.1 Å². The third-order valence-electron chi connectivity index (χ3n) is 3.02. The molecule has 0 unspecified atom stereocenters. The monoisotopic (exact) mass is 191 g/mol. The minimum atomic E-state index is 0.371. The van der Waals surface area contributed by atoms with Crippen LogP contribution in [0.1, 0.15) is 31.7 Å². The van der Waals surface area contributed by atoms with E-state index in [0.717, 1.165) is 6.54 Å². The number of hydrogen-bond donors (Lipinski definition) is 1. The second-order valence-corrected chi connectivity index (χ2v) is 4.28. The lowest BCUT2D eigenvalue weighted by atomic mass is 9.78. The molecule has 0 radical (unpaired) electrons. The quantitative estimate of drug-likeness (QED) is 0.789. The highest BCUT2D eigenvalue weighted by molar-refractivity contribution is 5.17. The van der Waals surface area contributed by atoms with Gasteiger partial charge in [-0.1, -0.05) is 6.58 Å². The van der Waals surface area contributed by atoms with Gasteiger partial charge in [-0.25, -0.2) is 4.68 Å². The van der Waals surface area contributed by atoms with Crippen LogP contribution in [-0.4, -0.2) is 15.3 Å². The molecule has 0 aromatic carbocycles. The Bertz CT molecular complexity index is 323. The molecule has 1 aromatic rings. The number of aromatic nitrogens is 2. The lowest BCUT2D eigenvalue weighted by molar-refractivity contribution is 0.207. The second-order valence-electron chi connectivity index (χ2n) is 4.28. The average Bonchev–Trinajstić information content (AvgIpc) is 2.59. The summed E-state index contributed by atoms with van der Waals surface area (Å²) in [5, 5.41) is 7.70. The molecule has 0 aliphatic heterocycles. The van der Waals surface area contributed by atoms with Gasteiger partial charge >= 0.3 is 0 Å². The fraction of sp³-hybridized carbons (Fsp3) is 0.545. The summed E-state index contributed by atoms with van der Waals surface area (Å²) < 4.78 is 1.74. The first-order chi connectivity index (χ1) is 6.72. The number of nitrogens with one attached hydrogen (secondary N) is 1. The molecule has 1 heterocycles. The average molecular weight is 191 g/mol. The molecule has 0 bridgehead atoms. The van der Waals surface area contributed by atoms with E-state index >= 15 is 0 Å². The van der Waals surface area contributed by atoms with E-state index in [1.54, 1.807) is 10.9 Å². The van der Waals surface area contributed by atoms with Crippen LogP contribution < -0.4 is 5.32 Å². The van der Waals surface area contributed by atoms with Gasteiger partial charge in [0.05, 0.1) is 6.20 Å². The van der Waals surface area contributed by atoms with Gasteiger partial charge < -0.3 is 5.32 Å². The maximum absolute atomic E-state index is 4.14. The standard InChI is InChI=1S/C11H17N3/c1-3-14-9-10(8-13-14)7-12-11(2)5-4-6-11/h3,8-9,12H,1,4-7H2,2H3. The molecule has 1 N–H and O–H groups in total. The first-order valence-electron chi connectivity index (χ1n) is 5.12. The highest BCUT2D eigenvalue weighted by Gasteiger charge is 2.30. The van der Waals surface area contributed by atoms with Crippen LogP contribution in [0.25, 0.3) is 6.20 Å². The van der Waals surface area contributed by atoms with Gasteiger partial charge in [0.25, 0.3) is 0 Å². The zero-order chi connectivity index (χ0) is 10.0. The molecule has 1 aromatic heterocycles. The Hall–Kier alpha value is -1.09. The maximum atomic E-state index is 4.14. The molecule has 14 heavy (non-hydrogen) atoms. The summed E-state index contributed by atoms with van der Waals surface area (Å²) in [5.41, 5.74) is 1.59. The molecule has 0 saturated heterocycles. The topological polar surface area (TPSA) is 29.9 Å². The molecule has 1 aliphatic rings. The van der Waals surface area contributed by atoms with Gasteiger partial charge in [-0.2, -0.15) is 5.10 Å². The van der Waals surface area contributed by atoms with Gasteiger partial charge in [-0.05, 0) is 26.2 Å².